The lowest BCUT2D eigenvalue weighted by molar-refractivity contribution is 0.302. The van der Waals surface area contributed by atoms with Crippen LogP contribution in [-0.2, 0) is 13.2 Å². The predicted molar refractivity (Wildman–Crippen MR) is 109 cm³/mol. The fourth-order valence-corrected chi connectivity index (χ4v) is 3.11. The molecule has 134 valence electrons. The van der Waals surface area contributed by atoms with Crippen molar-refractivity contribution in [3.8, 4) is 5.75 Å². The molecule has 0 amide bonds. The van der Waals surface area contributed by atoms with Gasteiger partial charge in [0.05, 0.1) is 0 Å². The molecule has 0 radical (unpaired) electrons. The Bertz CT molecular complexity index is 852. The second-order valence-electron chi connectivity index (χ2n) is 6.15. The van der Waals surface area contributed by atoms with Gasteiger partial charge < -0.3 is 10.1 Å². The molecule has 0 spiro atoms. The first kappa shape index (κ1) is 18.8. The van der Waals surface area contributed by atoms with Crippen molar-refractivity contribution in [2.75, 3.05) is 0 Å². The highest BCUT2D eigenvalue weighted by molar-refractivity contribution is 6.31. The monoisotopic (exact) mass is 385 g/mol. The molecule has 0 aliphatic heterocycles. The molecule has 3 aromatic carbocycles. The second-order valence-corrected chi connectivity index (χ2v) is 6.99. The van der Waals surface area contributed by atoms with Crippen LogP contribution >= 0.6 is 23.2 Å². The van der Waals surface area contributed by atoms with Crippen LogP contribution in [0, 0.1) is 0 Å². The lowest BCUT2D eigenvalue weighted by atomic mass is 10.1. The standard InChI is InChI=1S/C22H21Cl2NO/c1-16(17-7-3-2-4-8-17)25-14-19-13-20(23)11-12-22(19)26-15-18-9-5-6-10-21(18)24/h2-13,16,25H,14-15H2,1H3/t16-/m0/s1. The van der Waals surface area contributed by atoms with E-state index >= 15 is 0 Å². The van der Waals surface area contributed by atoms with Crippen molar-refractivity contribution >= 4 is 23.2 Å². The number of halogens is 2. The maximum absolute atomic E-state index is 6.21. The van der Waals surface area contributed by atoms with Crippen molar-refractivity contribution in [3.63, 3.8) is 0 Å². The summed E-state index contributed by atoms with van der Waals surface area (Å²) in [6, 6.07) is 24.0. The number of hydrogen-bond donors (Lipinski definition) is 1. The highest BCUT2D eigenvalue weighted by Gasteiger charge is 2.09. The zero-order valence-corrected chi connectivity index (χ0v) is 16.1. The van der Waals surface area contributed by atoms with Crippen LogP contribution in [-0.4, -0.2) is 0 Å². The lowest BCUT2D eigenvalue weighted by Gasteiger charge is -2.17. The molecule has 0 saturated heterocycles. The Morgan fingerprint density at radius 2 is 1.62 bits per heavy atom. The third-order valence-electron chi connectivity index (χ3n) is 4.26. The number of benzene rings is 3. The van der Waals surface area contributed by atoms with Crippen LogP contribution in [0.3, 0.4) is 0 Å². The zero-order valence-electron chi connectivity index (χ0n) is 14.6. The van der Waals surface area contributed by atoms with E-state index < -0.39 is 0 Å². The number of nitrogens with one attached hydrogen (secondary N) is 1. The van der Waals surface area contributed by atoms with E-state index in [9.17, 15) is 0 Å². The minimum absolute atomic E-state index is 0.228. The molecule has 0 heterocycles. The molecule has 2 nitrogen and oxygen atoms in total. The Morgan fingerprint density at radius 3 is 2.38 bits per heavy atom. The molecule has 0 bridgehead atoms. The summed E-state index contributed by atoms with van der Waals surface area (Å²) in [6.07, 6.45) is 0. The van der Waals surface area contributed by atoms with Crippen LogP contribution in [0.15, 0.2) is 72.8 Å². The van der Waals surface area contributed by atoms with Crippen molar-refractivity contribution in [2.45, 2.75) is 26.1 Å². The summed E-state index contributed by atoms with van der Waals surface area (Å²) in [5, 5.41) is 4.93. The van der Waals surface area contributed by atoms with Gasteiger partial charge in [0, 0.05) is 33.8 Å². The predicted octanol–water partition coefficient (Wildman–Crippen LogP) is 6.42. The van der Waals surface area contributed by atoms with E-state index in [1.54, 1.807) is 0 Å². The fourth-order valence-electron chi connectivity index (χ4n) is 2.72. The Hall–Kier alpha value is -2.00. The van der Waals surface area contributed by atoms with Crippen LogP contribution in [0.4, 0.5) is 0 Å². The first-order valence-corrected chi connectivity index (χ1v) is 9.32. The molecule has 1 N–H and O–H groups in total. The summed E-state index contributed by atoms with van der Waals surface area (Å²) in [4.78, 5) is 0. The molecular weight excluding hydrogens is 365 g/mol. The molecule has 3 aromatic rings. The van der Waals surface area contributed by atoms with E-state index in [0.717, 1.165) is 16.9 Å². The van der Waals surface area contributed by atoms with Gasteiger partial charge in [-0.2, -0.15) is 0 Å². The van der Waals surface area contributed by atoms with Crippen LogP contribution in [0.2, 0.25) is 10.0 Å². The Kier molecular flexibility index (Phi) is 6.56. The van der Waals surface area contributed by atoms with Crippen LogP contribution in [0.5, 0.6) is 5.75 Å². The van der Waals surface area contributed by atoms with Gasteiger partial charge >= 0.3 is 0 Å². The van der Waals surface area contributed by atoms with E-state index in [4.69, 9.17) is 27.9 Å². The SMILES string of the molecule is C[C@H](NCc1cc(Cl)ccc1OCc1ccccc1Cl)c1ccccc1. The van der Waals surface area contributed by atoms with E-state index in [1.807, 2.05) is 60.7 Å². The molecule has 0 fully saturated rings. The first-order chi connectivity index (χ1) is 12.6. The average molecular weight is 386 g/mol. The van der Waals surface area contributed by atoms with Gasteiger partial charge in [0.15, 0.2) is 0 Å². The summed E-state index contributed by atoms with van der Waals surface area (Å²) >= 11 is 12.4. The highest BCUT2D eigenvalue weighted by Crippen LogP contribution is 2.26. The molecule has 26 heavy (non-hydrogen) atoms. The normalized spacial score (nSPS) is 12.0. The van der Waals surface area contributed by atoms with Gasteiger partial charge in [0.25, 0.3) is 0 Å². The summed E-state index contributed by atoms with van der Waals surface area (Å²) < 4.78 is 6.01. The van der Waals surface area contributed by atoms with Gasteiger partial charge in [-0.25, -0.2) is 0 Å². The minimum atomic E-state index is 0.228. The van der Waals surface area contributed by atoms with Gasteiger partial charge in [-0.1, -0.05) is 71.7 Å². The zero-order chi connectivity index (χ0) is 18.4. The second kappa shape index (κ2) is 9.09. The molecule has 1 atom stereocenters. The molecule has 0 aromatic heterocycles. The molecular formula is C22H21Cl2NO. The smallest absolute Gasteiger partial charge is 0.124 e. The number of ether oxygens (including phenoxy) is 1. The number of hydrogen-bond acceptors (Lipinski definition) is 2. The molecule has 0 aliphatic rings. The first-order valence-electron chi connectivity index (χ1n) is 8.56. The molecule has 0 unspecified atom stereocenters. The maximum atomic E-state index is 6.21. The third kappa shape index (κ3) is 5.01. The van der Waals surface area contributed by atoms with E-state index in [0.29, 0.717) is 23.2 Å². The summed E-state index contributed by atoms with van der Waals surface area (Å²) in [5.41, 5.74) is 3.22. The van der Waals surface area contributed by atoms with Gasteiger partial charge in [-0.05, 0) is 36.8 Å². The third-order valence-corrected chi connectivity index (χ3v) is 4.87. The van der Waals surface area contributed by atoms with Crippen LogP contribution < -0.4 is 10.1 Å². The quantitative estimate of drug-likeness (QED) is 0.506. The lowest BCUT2D eigenvalue weighted by Crippen LogP contribution is -2.18. The van der Waals surface area contributed by atoms with Gasteiger partial charge in [-0.3, -0.25) is 0 Å². The Labute approximate surface area is 164 Å². The van der Waals surface area contributed by atoms with Gasteiger partial charge in [0.1, 0.15) is 12.4 Å². The van der Waals surface area contributed by atoms with E-state index in [1.165, 1.54) is 5.56 Å². The molecule has 0 saturated carbocycles. The summed E-state index contributed by atoms with van der Waals surface area (Å²) in [5.74, 6) is 0.807. The van der Waals surface area contributed by atoms with Gasteiger partial charge in [-0.15, -0.1) is 0 Å². The van der Waals surface area contributed by atoms with Crippen molar-refractivity contribution in [2.24, 2.45) is 0 Å². The van der Waals surface area contributed by atoms with Crippen molar-refractivity contribution in [3.05, 3.63) is 99.5 Å². The topological polar surface area (TPSA) is 21.3 Å². The summed E-state index contributed by atoms with van der Waals surface area (Å²) in [7, 11) is 0. The Morgan fingerprint density at radius 1 is 0.885 bits per heavy atom. The van der Waals surface area contributed by atoms with Gasteiger partial charge in [0.2, 0.25) is 0 Å². The molecule has 0 aliphatic carbocycles. The molecule has 4 heteroatoms. The van der Waals surface area contributed by atoms with Crippen molar-refractivity contribution in [1.82, 2.24) is 5.32 Å². The Balaban J connectivity index is 1.69. The minimum Gasteiger partial charge on any atom is -0.489 e. The molecule has 3 rings (SSSR count). The largest absolute Gasteiger partial charge is 0.489 e. The van der Waals surface area contributed by atoms with Crippen LogP contribution in [0.25, 0.3) is 0 Å². The van der Waals surface area contributed by atoms with E-state index in [2.05, 4.69) is 24.4 Å². The van der Waals surface area contributed by atoms with Crippen molar-refractivity contribution in [1.29, 1.82) is 0 Å². The van der Waals surface area contributed by atoms with Crippen molar-refractivity contribution < 1.29 is 4.74 Å². The maximum Gasteiger partial charge on any atom is 0.124 e. The average Bonchev–Trinajstić information content (AvgIpc) is 2.67. The highest BCUT2D eigenvalue weighted by atomic mass is 35.5. The fraction of sp³-hybridized carbons (Fsp3) is 0.182. The number of rotatable bonds is 7. The van der Waals surface area contributed by atoms with Crippen LogP contribution in [0.1, 0.15) is 29.7 Å². The van der Waals surface area contributed by atoms with E-state index in [-0.39, 0.29) is 6.04 Å². The summed E-state index contributed by atoms with van der Waals surface area (Å²) in [6.45, 7) is 3.22.